The number of likely N-dealkylation sites (N-methyl/N-ethyl adjacent to an activating group) is 1. The van der Waals surface area contributed by atoms with E-state index < -0.39 is 32.5 Å². The zero-order chi connectivity index (χ0) is 35.3. The first-order valence-electron chi connectivity index (χ1n) is 17.0. The lowest BCUT2D eigenvalue weighted by Crippen LogP contribution is -2.45. The second-order valence-electron chi connectivity index (χ2n) is 11.6. The Bertz CT molecular complexity index is 1380. The standard InChI is InChI=1S/C34H53N3O9P2/c1-6-37(28-20-21-31(29(23-28)32(36)38)42-24-26-14-12-11-13-15-26)33(39)30(35)22-25-16-18-27(19-17-25)34(47(40,43-7-2)44-8-3)48(41,45-9-4)46-10-5/h16-21,23,26,30,34H,6-15,22,24,35H2,1-5H3,(H2,36,38). The van der Waals surface area contributed by atoms with E-state index in [1.807, 2.05) is 6.92 Å². The molecule has 1 aliphatic carbocycles. The Labute approximate surface area is 285 Å². The molecule has 0 aromatic heterocycles. The van der Waals surface area contributed by atoms with Gasteiger partial charge in [0.05, 0.1) is 44.6 Å². The molecule has 1 aliphatic rings. The van der Waals surface area contributed by atoms with Crippen LogP contribution in [0.3, 0.4) is 0 Å². The minimum Gasteiger partial charge on any atom is -0.492 e. The number of hydrogen-bond donors (Lipinski definition) is 2. The van der Waals surface area contributed by atoms with Gasteiger partial charge in [-0.15, -0.1) is 0 Å². The average molecular weight is 710 g/mol. The van der Waals surface area contributed by atoms with Crippen molar-refractivity contribution in [2.24, 2.45) is 17.4 Å². The molecule has 3 rings (SSSR count). The first-order chi connectivity index (χ1) is 23.0. The van der Waals surface area contributed by atoms with E-state index in [1.165, 1.54) is 24.2 Å². The van der Waals surface area contributed by atoms with Gasteiger partial charge in [-0.2, -0.15) is 0 Å². The van der Waals surface area contributed by atoms with Crippen LogP contribution in [0.2, 0.25) is 0 Å². The maximum Gasteiger partial charge on any atom is 0.350 e. The van der Waals surface area contributed by atoms with Crippen molar-refractivity contribution in [1.29, 1.82) is 0 Å². The number of amides is 2. The highest BCUT2D eigenvalue weighted by Crippen LogP contribution is 2.78. The fourth-order valence-corrected chi connectivity index (χ4v) is 11.4. The van der Waals surface area contributed by atoms with Crippen molar-refractivity contribution in [3.63, 3.8) is 0 Å². The van der Waals surface area contributed by atoms with Crippen molar-refractivity contribution < 1.29 is 41.6 Å². The normalized spacial score (nSPS) is 15.0. The molecule has 4 N–H and O–H groups in total. The summed E-state index contributed by atoms with van der Waals surface area (Å²) in [5.41, 5.74) is 13.9. The molecule has 1 atom stereocenters. The Kier molecular flexibility index (Phi) is 15.8. The molecule has 0 radical (unpaired) electrons. The van der Waals surface area contributed by atoms with Crippen LogP contribution in [0.4, 0.5) is 5.69 Å². The van der Waals surface area contributed by atoms with Crippen LogP contribution in [0, 0.1) is 5.92 Å². The molecule has 0 saturated heterocycles. The van der Waals surface area contributed by atoms with E-state index in [2.05, 4.69) is 0 Å². The Hall–Kier alpha value is -2.56. The van der Waals surface area contributed by atoms with Crippen LogP contribution in [0.15, 0.2) is 42.5 Å². The van der Waals surface area contributed by atoms with Gasteiger partial charge in [0.25, 0.3) is 5.91 Å². The van der Waals surface area contributed by atoms with Gasteiger partial charge in [0, 0.05) is 12.2 Å². The van der Waals surface area contributed by atoms with E-state index >= 15 is 0 Å². The van der Waals surface area contributed by atoms with E-state index in [4.69, 9.17) is 34.3 Å². The largest absolute Gasteiger partial charge is 0.492 e. The number of benzene rings is 2. The lowest BCUT2D eigenvalue weighted by atomic mass is 9.90. The van der Waals surface area contributed by atoms with Gasteiger partial charge in [-0.05, 0) is 89.1 Å². The first kappa shape index (κ1) is 39.9. The number of anilines is 1. The number of rotatable bonds is 20. The van der Waals surface area contributed by atoms with Gasteiger partial charge >= 0.3 is 15.2 Å². The minimum absolute atomic E-state index is 0.0617. The molecule has 14 heteroatoms. The van der Waals surface area contributed by atoms with Gasteiger partial charge < -0.3 is 39.2 Å². The number of hydrogen-bond acceptors (Lipinski definition) is 10. The van der Waals surface area contributed by atoms with Gasteiger partial charge in [-0.3, -0.25) is 18.7 Å². The maximum absolute atomic E-state index is 14.0. The number of primary amides is 1. The molecule has 0 heterocycles. The van der Waals surface area contributed by atoms with Crippen molar-refractivity contribution in [2.75, 3.05) is 44.5 Å². The molecule has 0 aliphatic heterocycles. The summed E-state index contributed by atoms with van der Waals surface area (Å²) in [5, 5.41) is -1.32. The van der Waals surface area contributed by atoms with Crippen molar-refractivity contribution in [1.82, 2.24) is 0 Å². The topological polar surface area (TPSA) is 170 Å². The summed E-state index contributed by atoms with van der Waals surface area (Å²) in [4.78, 5) is 27.5. The Morgan fingerprint density at radius 2 is 1.38 bits per heavy atom. The van der Waals surface area contributed by atoms with Crippen LogP contribution in [-0.2, 0) is 38.4 Å². The lowest BCUT2D eigenvalue weighted by molar-refractivity contribution is -0.119. The smallest absolute Gasteiger partial charge is 0.350 e. The van der Waals surface area contributed by atoms with Crippen molar-refractivity contribution >= 4 is 32.7 Å². The first-order valence-corrected chi connectivity index (χ1v) is 20.2. The van der Waals surface area contributed by atoms with Crippen molar-refractivity contribution in [3.8, 4) is 5.75 Å². The third-order valence-corrected chi connectivity index (χ3v) is 14.2. The average Bonchev–Trinajstić information content (AvgIpc) is 3.06. The van der Waals surface area contributed by atoms with Gasteiger partial charge in [0.2, 0.25) is 5.91 Å². The highest BCUT2D eigenvalue weighted by molar-refractivity contribution is 7.72. The van der Waals surface area contributed by atoms with Gasteiger partial charge in [0.1, 0.15) is 5.75 Å². The molecule has 2 aromatic rings. The molecule has 48 heavy (non-hydrogen) atoms. The number of nitrogens with two attached hydrogens (primary N) is 2. The second-order valence-corrected chi connectivity index (χ2v) is 16.3. The van der Waals surface area contributed by atoms with E-state index in [-0.39, 0.29) is 44.3 Å². The molecule has 12 nitrogen and oxygen atoms in total. The number of nitrogens with zero attached hydrogens (tertiary/aromatic N) is 1. The number of carbonyl (C=O) groups is 2. The summed E-state index contributed by atoms with van der Waals surface area (Å²) < 4.78 is 56.4. The van der Waals surface area contributed by atoms with E-state index in [0.717, 1.165) is 12.8 Å². The molecule has 1 fully saturated rings. The number of ether oxygens (including phenoxy) is 1. The molecule has 0 spiro atoms. The molecular weight excluding hydrogens is 656 g/mol. The molecule has 0 bridgehead atoms. The van der Waals surface area contributed by atoms with E-state index in [0.29, 0.717) is 41.6 Å². The SMILES string of the molecule is CCOP(=O)(OCC)C(c1ccc(CC(N)C(=O)N(CC)c2ccc(OCC3CCCCC3)c(C(N)=O)c2)cc1)P(=O)(OCC)OCC. The van der Waals surface area contributed by atoms with Crippen LogP contribution in [0.1, 0.15) is 93.6 Å². The van der Waals surface area contributed by atoms with Crippen LogP contribution in [0.5, 0.6) is 5.75 Å². The minimum atomic E-state index is -4.01. The van der Waals surface area contributed by atoms with Gasteiger partial charge in [0.15, 0.2) is 5.40 Å². The molecule has 268 valence electrons. The van der Waals surface area contributed by atoms with Crippen LogP contribution < -0.4 is 21.1 Å². The van der Waals surface area contributed by atoms with Gasteiger partial charge in [-0.1, -0.05) is 43.5 Å². The maximum atomic E-state index is 14.0. The Morgan fingerprint density at radius 3 is 1.85 bits per heavy atom. The molecule has 2 aromatic carbocycles. The quantitative estimate of drug-likeness (QED) is 0.134. The Balaban J connectivity index is 1.82. The van der Waals surface area contributed by atoms with Crippen LogP contribution in [0.25, 0.3) is 0 Å². The fourth-order valence-electron chi connectivity index (χ4n) is 6.01. The van der Waals surface area contributed by atoms with Crippen molar-refractivity contribution in [2.45, 2.75) is 84.6 Å². The second kappa shape index (κ2) is 19.0. The third kappa shape index (κ3) is 10.2. The predicted octanol–water partition coefficient (Wildman–Crippen LogP) is 7.20. The Morgan fingerprint density at radius 1 is 0.833 bits per heavy atom. The summed E-state index contributed by atoms with van der Waals surface area (Å²) in [6.07, 6.45) is 5.99. The summed E-state index contributed by atoms with van der Waals surface area (Å²) in [6.45, 7) is 9.58. The zero-order valence-corrected chi connectivity index (χ0v) is 30.7. The zero-order valence-electron chi connectivity index (χ0n) is 28.9. The fraction of sp³-hybridized carbons (Fsp3) is 0.588. The molecule has 1 saturated carbocycles. The highest BCUT2D eigenvalue weighted by atomic mass is 31.2. The highest BCUT2D eigenvalue weighted by Gasteiger charge is 2.51. The summed E-state index contributed by atoms with van der Waals surface area (Å²) in [5.74, 6) is -0.138. The van der Waals surface area contributed by atoms with E-state index in [9.17, 15) is 18.7 Å². The molecule has 1 unspecified atom stereocenters. The van der Waals surface area contributed by atoms with Gasteiger partial charge in [-0.25, -0.2) is 0 Å². The van der Waals surface area contributed by atoms with Crippen LogP contribution in [-0.4, -0.2) is 57.4 Å². The van der Waals surface area contributed by atoms with Crippen LogP contribution >= 0.6 is 15.2 Å². The third-order valence-electron chi connectivity index (χ3n) is 8.21. The van der Waals surface area contributed by atoms with E-state index in [1.54, 1.807) is 70.2 Å². The monoisotopic (exact) mass is 709 g/mol. The summed E-state index contributed by atoms with van der Waals surface area (Å²) in [7, 11) is -8.02. The molecular formula is C34H53N3O9P2. The predicted molar refractivity (Wildman–Crippen MR) is 188 cm³/mol. The summed E-state index contributed by atoms with van der Waals surface area (Å²) >= 11 is 0. The lowest BCUT2D eigenvalue weighted by Gasteiger charge is -2.31. The molecule has 2 amide bonds. The number of carbonyl (C=O) groups excluding carboxylic acids is 2. The van der Waals surface area contributed by atoms with Crippen molar-refractivity contribution in [3.05, 3.63) is 59.2 Å². The summed E-state index contributed by atoms with van der Waals surface area (Å²) in [6, 6.07) is 10.8.